The van der Waals surface area contributed by atoms with Crippen LogP contribution in [-0.4, -0.2) is 40.1 Å². The Hall–Kier alpha value is -3.52. The number of alkyl halides is 1. The summed E-state index contributed by atoms with van der Waals surface area (Å²) in [7, 11) is 3.01. The van der Waals surface area contributed by atoms with E-state index in [1.165, 1.54) is 20.4 Å². The van der Waals surface area contributed by atoms with Crippen LogP contribution in [0.3, 0.4) is 0 Å². The molecular weight excluding hydrogens is 396 g/mol. The van der Waals surface area contributed by atoms with Crippen LogP contribution in [0.1, 0.15) is 0 Å². The Labute approximate surface area is 170 Å². The third-order valence-electron chi connectivity index (χ3n) is 4.54. The number of hydrogen-bond donors (Lipinski definition) is 1. The van der Waals surface area contributed by atoms with Crippen LogP contribution in [0.25, 0.3) is 27.9 Å². The Bertz CT molecular complexity index is 1280. The SMILES string of the molecule is COc1cc2c(=O)n(NC(=O)CCl)c3cnc(-c4ccccc4)n3c2cc1OC. The maximum atomic E-state index is 13.2. The molecule has 0 bridgehead atoms. The number of carbonyl (C=O) groups is 1. The second-order valence-corrected chi connectivity index (χ2v) is 6.44. The standard InChI is InChI=1S/C20H17ClN4O4/c1-28-15-8-13-14(9-16(15)29-2)24-18(25(20(13)27)23-17(26)10-21)11-22-19(24)12-6-4-3-5-7-12/h3-9,11H,10H2,1-2H3,(H,23,26). The molecule has 29 heavy (non-hydrogen) atoms. The molecule has 0 fully saturated rings. The van der Waals surface area contributed by atoms with Crippen LogP contribution < -0.4 is 20.5 Å². The fourth-order valence-corrected chi connectivity index (χ4v) is 3.30. The number of halogens is 1. The summed E-state index contributed by atoms with van der Waals surface area (Å²) < 4.78 is 13.7. The second-order valence-electron chi connectivity index (χ2n) is 6.17. The lowest BCUT2D eigenvalue weighted by molar-refractivity contribution is -0.114. The van der Waals surface area contributed by atoms with E-state index < -0.39 is 11.5 Å². The van der Waals surface area contributed by atoms with Gasteiger partial charge in [-0.1, -0.05) is 30.3 Å². The van der Waals surface area contributed by atoms with E-state index in [-0.39, 0.29) is 5.88 Å². The molecule has 8 nitrogen and oxygen atoms in total. The molecule has 0 saturated carbocycles. The van der Waals surface area contributed by atoms with E-state index in [9.17, 15) is 9.59 Å². The van der Waals surface area contributed by atoms with Crippen molar-refractivity contribution < 1.29 is 14.3 Å². The number of ether oxygens (including phenoxy) is 2. The van der Waals surface area contributed by atoms with Crippen molar-refractivity contribution in [2.24, 2.45) is 0 Å². The maximum absolute atomic E-state index is 13.2. The van der Waals surface area contributed by atoms with E-state index in [1.54, 1.807) is 16.5 Å². The number of rotatable bonds is 5. The first kappa shape index (κ1) is 18.8. The summed E-state index contributed by atoms with van der Waals surface area (Å²) in [5.74, 6) is 0.663. The summed E-state index contributed by atoms with van der Waals surface area (Å²) in [6, 6.07) is 12.8. The summed E-state index contributed by atoms with van der Waals surface area (Å²) in [5.41, 5.74) is 3.88. The Kier molecular flexibility index (Phi) is 4.85. The first-order valence-electron chi connectivity index (χ1n) is 8.68. The summed E-state index contributed by atoms with van der Waals surface area (Å²) in [4.78, 5) is 29.6. The number of nitrogens with zero attached hydrogens (tertiary/aromatic N) is 3. The Morgan fingerprint density at radius 2 is 1.83 bits per heavy atom. The zero-order chi connectivity index (χ0) is 20.5. The van der Waals surface area contributed by atoms with E-state index >= 15 is 0 Å². The fraction of sp³-hybridized carbons (Fsp3) is 0.150. The molecule has 2 heterocycles. The van der Waals surface area contributed by atoms with Gasteiger partial charge in [-0.2, -0.15) is 4.68 Å². The fourth-order valence-electron chi connectivity index (χ4n) is 3.24. The Morgan fingerprint density at radius 1 is 1.14 bits per heavy atom. The quantitative estimate of drug-likeness (QED) is 0.509. The molecule has 4 aromatic rings. The number of methoxy groups -OCH3 is 2. The summed E-state index contributed by atoms with van der Waals surface area (Å²) in [5, 5.41) is 0.320. The molecule has 0 unspecified atom stereocenters. The monoisotopic (exact) mass is 412 g/mol. The van der Waals surface area contributed by atoms with Gasteiger partial charge in [0.25, 0.3) is 11.5 Å². The lowest BCUT2D eigenvalue weighted by Crippen LogP contribution is -2.35. The van der Waals surface area contributed by atoms with Crippen molar-refractivity contribution in [2.75, 3.05) is 25.5 Å². The van der Waals surface area contributed by atoms with Crippen molar-refractivity contribution in [1.82, 2.24) is 14.1 Å². The van der Waals surface area contributed by atoms with Crippen molar-refractivity contribution in [3.63, 3.8) is 0 Å². The first-order chi connectivity index (χ1) is 14.1. The van der Waals surface area contributed by atoms with Crippen LogP contribution >= 0.6 is 11.6 Å². The smallest absolute Gasteiger partial charge is 0.280 e. The molecule has 9 heteroatoms. The number of imidazole rings is 1. The van der Waals surface area contributed by atoms with E-state index in [0.717, 1.165) is 10.2 Å². The van der Waals surface area contributed by atoms with Crippen molar-refractivity contribution in [3.8, 4) is 22.9 Å². The molecule has 0 atom stereocenters. The minimum absolute atomic E-state index is 0.289. The molecule has 0 aliphatic rings. The van der Waals surface area contributed by atoms with E-state index in [0.29, 0.717) is 33.9 Å². The van der Waals surface area contributed by atoms with Crippen LogP contribution in [0.5, 0.6) is 11.5 Å². The number of hydrogen-bond acceptors (Lipinski definition) is 5. The van der Waals surface area contributed by atoms with Gasteiger partial charge in [0.2, 0.25) is 0 Å². The molecule has 1 amide bonds. The maximum Gasteiger partial charge on any atom is 0.280 e. The zero-order valence-electron chi connectivity index (χ0n) is 15.7. The number of fused-ring (bicyclic) bond motifs is 3. The number of benzene rings is 2. The van der Waals surface area contributed by atoms with Gasteiger partial charge in [0.1, 0.15) is 11.7 Å². The van der Waals surface area contributed by atoms with Crippen LogP contribution in [-0.2, 0) is 4.79 Å². The number of amides is 1. The van der Waals surface area contributed by atoms with Gasteiger partial charge in [-0.15, -0.1) is 11.6 Å². The number of aromatic nitrogens is 3. The van der Waals surface area contributed by atoms with Crippen LogP contribution in [0, 0.1) is 0 Å². The van der Waals surface area contributed by atoms with Gasteiger partial charge in [0, 0.05) is 11.6 Å². The zero-order valence-corrected chi connectivity index (χ0v) is 16.4. The van der Waals surface area contributed by atoms with E-state index in [4.69, 9.17) is 21.1 Å². The predicted octanol–water partition coefficient (Wildman–Crippen LogP) is 2.64. The second kappa shape index (κ2) is 7.48. The Balaban J connectivity index is 2.16. The number of nitrogens with one attached hydrogen (secondary N) is 1. The molecule has 2 aromatic carbocycles. The lowest BCUT2D eigenvalue weighted by atomic mass is 10.2. The molecule has 1 N–H and O–H groups in total. The Morgan fingerprint density at radius 3 is 2.48 bits per heavy atom. The van der Waals surface area contributed by atoms with Crippen LogP contribution in [0.15, 0.2) is 53.5 Å². The summed E-state index contributed by atoms with van der Waals surface area (Å²) in [6.07, 6.45) is 1.52. The largest absolute Gasteiger partial charge is 0.493 e. The highest BCUT2D eigenvalue weighted by Gasteiger charge is 2.19. The molecule has 4 rings (SSSR count). The van der Waals surface area contributed by atoms with Gasteiger partial charge in [-0.05, 0) is 6.07 Å². The summed E-state index contributed by atoms with van der Waals surface area (Å²) in [6.45, 7) is 0. The van der Waals surface area contributed by atoms with Gasteiger partial charge < -0.3 is 9.47 Å². The van der Waals surface area contributed by atoms with E-state index in [2.05, 4.69) is 10.4 Å². The third-order valence-corrected chi connectivity index (χ3v) is 4.78. The third kappa shape index (κ3) is 3.07. The first-order valence-corrected chi connectivity index (χ1v) is 9.22. The number of carbonyl (C=O) groups excluding carboxylic acids is 1. The minimum atomic E-state index is -0.516. The summed E-state index contributed by atoms with van der Waals surface area (Å²) >= 11 is 5.63. The highest BCUT2D eigenvalue weighted by atomic mass is 35.5. The molecule has 0 saturated heterocycles. The van der Waals surface area contributed by atoms with Crippen molar-refractivity contribution >= 4 is 34.1 Å². The van der Waals surface area contributed by atoms with Crippen molar-refractivity contribution in [2.45, 2.75) is 0 Å². The van der Waals surface area contributed by atoms with Gasteiger partial charge >= 0.3 is 0 Å². The average Bonchev–Trinajstić information content (AvgIpc) is 3.21. The molecule has 0 aliphatic carbocycles. The molecule has 2 aromatic heterocycles. The predicted molar refractivity (Wildman–Crippen MR) is 111 cm³/mol. The average molecular weight is 413 g/mol. The van der Waals surface area contributed by atoms with Crippen LogP contribution in [0.2, 0.25) is 0 Å². The molecule has 0 radical (unpaired) electrons. The minimum Gasteiger partial charge on any atom is -0.493 e. The van der Waals surface area contributed by atoms with Gasteiger partial charge in [0.15, 0.2) is 17.1 Å². The van der Waals surface area contributed by atoms with Gasteiger partial charge in [-0.25, -0.2) is 4.98 Å². The van der Waals surface area contributed by atoms with Gasteiger partial charge in [-0.3, -0.25) is 19.4 Å². The molecule has 0 aliphatic heterocycles. The van der Waals surface area contributed by atoms with Crippen molar-refractivity contribution in [3.05, 3.63) is 59.0 Å². The normalized spacial score (nSPS) is 11.0. The molecule has 148 valence electrons. The molecular formula is C20H17ClN4O4. The topological polar surface area (TPSA) is 86.9 Å². The van der Waals surface area contributed by atoms with Gasteiger partial charge in [0.05, 0.1) is 31.3 Å². The van der Waals surface area contributed by atoms with Crippen molar-refractivity contribution in [1.29, 1.82) is 0 Å². The lowest BCUT2D eigenvalue weighted by Gasteiger charge is -2.15. The highest BCUT2D eigenvalue weighted by Crippen LogP contribution is 2.32. The molecule has 0 spiro atoms. The highest BCUT2D eigenvalue weighted by molar-refractivity contribution is 6.28. The van der Waals surface area contributed by atoms with Crippen LogP contribution in [0.4, 0.5) is 0 Å². The van der Waals surface area contributed by atoms with E-state index in [1.807, 2.05) is 30.3 Å².